The third-order valence-electron chi connectivity index (χ3n) is 5.51. The van der Waals surface area contributed by atoms with Gasteiger partial charge in [0.05, 0.1) is 22.6 Å². The maximum absolute atomic E-state index is 13.5. The molecule has 0 saturated heterocycles. The number of urea groups is 1. The second-order valence-electron chi connectivity index (χ2n) is 7.64. The summed E-state index contributed by atoms with van der Waals surface area (Å²) in [7, 11) is 1.70. The molecule has 4 rings (SSSR count). The Bertz CT molecular complexity index is 1370. The number of aromatic nitrogens is 2. The summed E-state index contributed by atoms with van der Waals surface area (Å²) in [4.78, 5) is 32.9. The number of nitrogens with one attached hydrogen (secondary N) is 1. The van der Waals surface area contributed by atoms with Gasteiger partial charge in [-0.2, -0.15) is 0 Å². The molecule has 3 aromatic carbocycles. The summed E-state index contributed by atoms with van der Waals surface area (Å²) in [5.74, 6) is 0.495. The molecule has 0 fully saturated rings. The maximum Gasteiger partial charge on any atom is 0.322 e. The van der Waals surface area contributed by atoms with Gasteiger partial charge >= 0.3 is 6.03 Å². The summed E-state index contributed by atoms with van der Waals surface area (Å²) in [6, 6.07) is 21.6. The van der Waals surface area contributed by atoms with E-state index >= 15 is 0 Å². The number of para-hydroxylation sites is 2. The molecular formula is C25H23BrN4O2. The summed E-state index contributed by atoms with van der Waals surface area (Å²) in [6.07, 6.45) is 0. The molecule has 0 aliphatic carbocycles. The summed E-state index contributed by atoms with van der Waals surface area (Å²) in [5, 5.41) is 3.43. The van der Waals surface area contributed by atoms with Crippen LogP contribution >= 0.6 is 15.9 Å². The summed E-state index contributed by atoms with van der Waals surface area (Å²) in [5.41, 5.74) is 2.81. The van der Waals surface area contributed by atoms with Crippen molar-refractivity contribution in [3.8, 4) is 5.69 Å². The second kappa shape index (κ2) is 8.96. The monoisotopic (exact) mass is 490 g/mol. The maximum atomic E-state index is 13.5. The van der Waals surface area contributed by atoms with Crippen molar-refractivity contribution in [2.75, 3.05) is 12.4 Å². The van der Waals surface area contributed by atoms with Gasteiger partial charge in [0.1, 0.15) is 5.82 Å². The fourth-order valence-electron chi connectivity index (χ4n) is 3.60. The van der Waals surface area contributed by atoms with Crippen molar-refractivity contribution in [3.63, 3.8) is 0 Å². The molecule has 1 aromatic heterocycles. The molecule has 1 N–H and O–H groups in total. The average Bonchev–Trinajstić information content (AvgIpc) is 2.79. The number of carbonyl (C=O) groups excluding carboxylic acids is 1. The third kappa shape index (κ3) is 4.16. The number of anilines is 1. The molecule has 6 nitrogen and oxygen atoms in total. The number of aryl methyl sites for hydroxylation is 1. The van der Waals surface area contributed by atoms with Gasteiger partial charge in [0.25, 0.3) is 5.56 Å². The van der Waals surface area contributed by atoms with Crippen LogP contribution in [0.1, 0.15) is 24.4 Å². The van der Waals surface area contributed by atoms with Gasteiger partial charge in [0, 0.05) is 17.2 Å². The Balaban J connectivity index is 1.80. The zero-order chi connectivity index (χ0) is 22.8. The van der Waals surface area contributed by atoms with Gasteiger partial charge in [-0.05, 0) is 55.8 Å². The van der Waals surface area contributed by atoms with E-state index < -0.39 is 6.04 Å². The highest BCUT2D eigenvalue weighted by Gasteiger charge is 2.24. The van der Waals surface area contributed by atoms with Gasteiger partial charge in [-0.15, -0.1) is 0 Å². The van der Waals surface area contributed by atoms with E-state index in [0.717, 1.165) is 15.7 Å². The normalized spacial score (nSPS) is 11.9. The number of nitrogens with zero attached hydrogens (tertiary/aromatic N) is 3. The van der Waals surface area contributed by atoms with Gasteiger partial charge in [-0.1, -0.05) is 52.3 Å². The van der Waals surface area contributed by atoms with Crippen molar-refractivity contribution in [2.24, 2.45) is 0 Å². The lowest BCUT2D eigenvalue weighted by molar-refractivity contribution is 0.205. The van der Waals surface area contributed by atoms with Crippen LogP contribution in [-0.2, 0) is 0 Å². The van der Waals surface area contributed by atoms with Crippen LogP contribution in [0, 0.1) is 6.92 Å². The van der Waals surface area contributed by atoms with Crippen LogP contribution in [0.4, 0.5) is 10.5 Å². The Hall–Kier alpha value is -3.45. The number of hydrogen-bond donors (Lipinski definition) is 1. The van der Waals surface area contributed by atoms with E-state index in [0.29, 0.717) is 22.4 Å². The van der Waals surface area contributed by atoms with Gasteiger partial charge in [0.2, 0.25) is 0 Å². The van der Waals surface area contributed by atoms with E-state index in [9.17, 15) is 9.59 Å². The number of carbonyl (C=O) groups is 1. The first-order chi connectivity index (χ1) is 15.4. The Morgan fingerprint density at radius 2 is 1.78 bits per heavy atom. The highest BCUT2D eigenvalue weighted by Crippen LogP contribution is 2.24. The van der Waals surface area contributed by atoms with Crippen molar-refractivity contribution < 1.29 is 4.79 Å². The Labute approximate surface area is 194 Å². The average molecular weight is 491 g/mol. The molecule has 0 spiro atoms. The Morgan fingerprint density at radius 3 is 2.53 bits per heavy atom. The molecule has 0 aliphatic heterocycles. The topological polar surface area (TPSA) is 67.2 Å². The summed E-state index contributed by atoms with van der Waals surface area (Å²) < 4.78 is 2.49. The molecule has 1 atom stereocenters. The molecule has 0 saturated carbocycles. The Morgan fingerprint density at radius 1 is 1.06 bits per heavy atom. The highest BCUT2D eigenvalue weighted by molar-refractivity contribution is 9.10. The van der Waals surface area contributed by atoms with Crippen LogP contribution in [0.2, 0.25) is 0 Å². The fourth-order valence-corrected chi connectivity index (χ4v) is 4.00. The second-order valence-corrected chi connectivity index (χ2v) is 8.56. The number of amides is 2. The minimum absolute atomic E-state index is 0.160. The molecule has 0 aliphatic rings. The minimum Gasteiger partial charge on any atom is -0.318 e. The number of benzene rings is 3. The fraction of sp³-hybridized carbons (Fsp3) is 0.160. The zero-order valence-corrected chi connectivity index (χ0v) is 19.6. The van der Waals surface area contributed by atoms with Crippen LogP contribution in [0.25, 0.3) is 16.6 Å². The summed E-state index contributed by atoms with van der Waals surface area (Å²) in [6.45, 7) is 3.82. The van der Waals surface area contributed by atoms with Gasteiger partial charge < -0.3 is 10.2 Å². The molecule has 0 bridgehead atoms. The van der Waals surface area contributed by atoms with Crippen molar-refractivity contribution in [3.05, 3.63) is 99.0 Å². The van der Waals surface area contributed by atoms with Gasteiger partial charge in [-0.3, -0.25) is 9.36 Å². The number of fused-ring (bicyclic) bond motifs is 1. The van der Waals surface area contributed by atoms with E-state index in [4.69, 9.17) is 4.98 Å². The van der Waals surface area contributed by atoms with Crippen molar-refractivity contribution >= 4 is 38.6 Å². The standard InChI is InChI=1S/C25H23BrN4O2/c1-16-9-4-7-14-22(16)30-23(28-21-13-6-5-12-20(21)24(30)31)17(2)29(3)25(32)27-19-11-8-10-18(26)15-19/h4-15,17H,1-3H3,(H,27,32). The number of halogens is 1. The first-order valence-electron chi connectivity index (χ1n) is 10.2. The molecule has 1 unspecified atom stereocenters. The van der Waals surface area contributed by atoms with Crippen LogP contribution in [-0.4, -0.2) is 27.5 Å². The van der Waals surface area contributed by atoms with E-state index in [-0.39, 0.29) is 11.6 Å². The van der Waals surface area contributed by atoms with Crippen LogP contribution < -0.4 is 10.9 Å². The van der Waals surface area contributed by atoms with Crippen molar-refractivity contribution in [1.82, 2.24) is 14.5 Å². The van der Waals surface area contributed by atoms with Crippen LogP contribution in [0.15, 0.2) is 82.1 Å². The van der Waals surface area contributed by atoms with E-state index in [2.05, 4.69) is 21.2 Å². The lowest BCUT2D eigenvalue weighted by atomic mass is 10.1. The van der Waals surface area contributed by atoms with Crippen LogP contribution in [0.3, 0.4) is 0 Å². The van der Waals surface area contributed by atoms with E-state index in [1.54, 1.807) is 22.6 Å². The summed E-state index contributed by atoms with van der Waals surface area (Å²) >= 11 is 3.41. The first-order valence-corrected chi connectivity index (χ1v) is 11.0. The third-order valence-corrected chi connectivity index (χ3v) is 6.00. The van der Waals surface area contributed by atoms with E-state index in [1.807, 2.05) is 80.6 Å². The largest absolute Gasteiger partial charge is 0.322 e. The molecular weight excluding hydrogens is 468 g/mol. The molecule has 4 aromatic rings. The van der Waals surface area contributed by atoms with Crippen molar-refractivity contribution in [2.45, 2.75) is 19.9 Å². The van der Waals surface area contributed by atoms with Crippen molar-refractivity contribution in [1.29, 1.82) is 0 Å². The lowest BCUT2D eigenvalue weighted by Crippen LogP contribution is -2.37. The quantitative estimate of drug-likeness (QED) is 0.400. The molecule has 162 valence electrons. The predicted molar refractivity (Wildman–Crippen MR) is 131 cm³/mol. The Kier molecular flexibility index (Phi) is 6.10. The van der Waals surface area contributed by atoms with Gasteiger partial charge in [-0.25, -0.2) is 9.78 Å². The number of rotatable bonds is 4. The molecule has 1 heterocycles. The number of hydrogen-bond acceptors (Lipinski definition) is 3. The van der Waals surface area contributed by atoms with Crippen LogP contribution in [0.5, 0.6) is 0 Å². The molecule has 2 amide bonds. The molecule has 7 heteroatoms. The first kappa shape index (κ1) is 21.8. The zero-order valence-electron chi connectivity index (χ0n) is 18.0. The van der Waals surface area contributed by atoms with Gasteiger partial charge in [0.15, 0.2) is 0 Å². The SMILES string of the molecule is Cc1ccccc1-n1c(C(C)N(C)C(=O)Nc2cccc(Br)c2)nc2ccccc2c1=O. The van der Waals surface area contributed by atoms with E-state index in [1.165, 1.54) is 0 Å². The molecule has 32 heavy (non-hydrogen) atoms. The molecule has 0 radical (unpaired) electrons. The lowest BCUT2D eigenvalue weighted by Gasteiger charge is -2.27. The highest BCUT2D eigenvalue weighted by atomic mass is 79.9. The predicted octanol–water partition coefficient (Wildman–Crippen LogP) is 5.68. The minimum atomic E-state index is -0.473. The smallest absolute Gasteiger partial charge is 0.318 e.